The average molecular weight is 446 g/mol. The van der Waals surface area contributed by atoms with Crippen LogP contribution in [-0.2, 0) is 16.0 Å². The second kappa shape index (κ2) is 11.4. The van der Waals surface area contributed by atoms with Crippen LogP contribution in [0.15, 0.2) is 46.9 Å². The van der Waals surface area contributed by atoms with Crippen LogP contribution < -0.4 is 14.8 Å². The van der Waals surface area contributed by atoms with Crippen molar-refractivity contribution in [2.75, 3.05) is 26.9 Å². The lowest BCUT2D eigenvalue weighted by Crippen LogP contribution is -2.32. The van der Waals surface area contributed by atoms with E-state index < -0.39 is 6.10 Å². The second-order valence-electron chi connectivity index (χ2n) is 5.91. The molecule has 0 aliphatic heterocycles. The third-order valence-corrected chi connectivity index (χ3v) is 4.52. The van der Waals surface area contributed by atoms with Crippen LogP contribution in [0.2, 0.25) is 0 Å². The molecule has 0 aromatic heterocycles. The topological polar surface area (TPSA) is 56.8 Å². The van der Waals surface area contributed by atoms with E-state index in [2.05, 4.69) is 27.2 Å². The second-order valence-corrected chi connectivity index (χ2v) is 6.82. The number of methoxy groups -OCH3 is 1. The average Bonchev–Trinajstić information content (AvgIpc) is 2.71. The number of amides is 1. The van der Waals surface area contributed by atoms with E-state index in [0.717, 1.165) is 15.6 Å². The number of carbonyl (C=O) groups excluding carboxylic acids is 1. The number of hydrogen-bond acceptors (Lipinski definition) is 4. The van der Waals surface area contributed by atoms with Crippen molar-refractivity contribution >= 4 is 21.8 Å². The zero-order valence-electron chi connectivity index (χ0n) is 16.0. The van der Waals surface area contributed by atoms with Gasteiger partial charge < -0.3 is 19.5 Å². The number of nitrogens with one attached hydrogen (secondary N) is 1. The van der Waals surface area contributed by atoms with E-state index in [4.69, 9.17) is 20.6 Å². The van der Waals surface area contributed by atoms with E-state index in [1.807, 2.05) is 49.4 Å². The zero-order chi connectivity index (χ0) is 20.4. The molecule has 0 saturated carbocycles. The van der Waals surface area contributed by atoms with Crippen molar-refractivity contribution in [1.82, 2.24) is 5.32 Å². The number of benzene rings is 2. The van der Waals surface area contributed by atoms with Crippen molar-refractivity contribution in [2.24, 2.45) is 0 Å². The molecule has 0 aliphatic carbocycles. The van der Waals surface area contributed by atoms with E-state index >= 15 is 0 Å². The van der Waals surface area contributed by atoms with Gasteiger partial charge >= 0.3 is 0 Å². The Morgan fingerprint density at radius 1 is 1.21 bits per heavy atom. The molecule has 28 heavy (non-hydrogen) atoms. The van der Waals surface area contributed by atoms with Crippen molar-refractivity contribution in [3.05, 3.63) is 58.1 Å². The molecule has 1 amide bonds. The minimum absolute atomic E-state index is 0.162. The maximum atomic E-state index is 12.6. The van der Waals surface area contributed by atoms with Crippen molar-refractivity contribution in [1.29, 1.82) is 0 Å². The Morgan fingerprint density at radius 3 is 2.61 bits per heavy atom. The van der Waals surface area contributed by atoms with Gasteiger partial charge in [0.05, 0.1) is 7.11 Å². The van der Waals surface area contributed by atoms with Crippen molar-refractivity contribution in [3.8, 4) is 23.8 Å². The lowest BCUT2D eigenvalue weighted by atomic mass is 10.1. The number of hydrogen-bond donors (Lipinski definition) is 1. The van der Waals surface area contributed by atoms with Crippen LogP contribution in [0, 0.1) is 12.3 Å². The summed E-state index contributed by atoms with van der Waals surface area (Å²) in [5, 5.41) is 2.94. The molecular formula is C22H24BrNO4. The summed E-state index contributed by atoms with van der Waals surface area (Å²) < 4.78 is 17.4. The Hall–Kier alpha value is -2.49. The zero-order valence-corrected chi connectivity index (χ0v) is 17.6. The summed E-state index contributed by atoms with van der Waals surface area (Å²) in [6, 6.07) is 13.2. The number of carbonyl (C=O) groups is 1. The molecule has 2 aromatic rings. The van der Waals surface area contributed by atoms with Gasteiger partial charge in [-0.25, -0.2) is 0 Å². The minimum Gasteiger partial charge on any atom is -0.493 e. The predicted molar refractivity (Wildman–Crippen MR) is 113 cm³/mol. The van der Waals surface area contributed by atoms with E-state index in [-0.39, 0.29) is 12.5 Å². The molecule has 148 valence electrons. The summed E-state index contributed by atoms with van der Waals surface area (Å²) in [4.78, 5) is 12.6. The molecule has 5 nitrogen and oxygen atoms in total. The van der Waals surface area contributed by atoms with Gasteiger partial charge in [0.1, 0.15) is 6.61 Å². The SMILES string of the molecule is C#CCOc1ccc(CCNC(=O)[C@@H](OCC)c2ccc(Br)cc2)cc1OC. The fourth-order valence-corrected chi connectivity index (χ4v) is 2.92. The molecule has 2 aromatic carbocycles. The molecule has 2 rings (SSSR count). The molecule has 1 atom stereocenters. The first-order chi connectivity index (χ1) is 13.6. The van der Waals surface area contributed by atoms with E-state index in [1.54, 1.807) is 7.11 Å². The number of terminal acetylenes is 1. The Morgan fingerprint density at radius 2 is 1.96 bits per heavy atom. The predicted octanol–water partition coefficient (Wildman–Crippen LogP) is 3.91. The maximum absolute atomic E-state index is 12.6. The molecule has 0 saturated heterocycles. The lowest BCUT2D eigenvalue weighted by Gasteiger charge is -2.17. The van der Waals surface area contributed by atoms with Gasteiger partial charge in [0.2, 0.25) is 0 Å². The monoisotopic (exact) mass is 445 g/mol. The first-order valence-electron chi connectivity index (χ1n) is 8.97. The molecule has 1 N–H and O–H groups in total. The van der Waals surface area contributed by atoms with Crippen LogP contribution >= 0.6 is 15.9 Å². The summed E-state index contributed by atoms with van der Waals surface area (Å²) in [5.74, 6) is 3.47. The summed E-state index contributed by atoms with van der Waals surface area (Å²) in [6.07, 6.45) is 5.24. The number of rotatable bonds is 10. The van der Waals surface area contributed by atoms with Gasteiger partial charge in [-0.1, -0.05) is 40.0 Å². The number of halogens is 1. The smallest absolute Gasteiger partial charge is 0.253 e. The first-order valence-corrected chi connectivity index (χ1v) is 9.76. The summed E-state index contributed by atoms with van der Waals surface area (Å²) in [7, 11) is 1.58. The standard InChI is InChI=1S/C22H24BrNO4/c1-4-14-28-19-11-6-16(15-20(19)26-3)12-13-24-22(25)21(27-5-2)17-7-9-18(23)10-8-17/h1,6-11,15,21H,5,12-14H2,2-3H3,(H,24,25)/t21-/m0/s1. The van der Waals surface area contributed by atoms with Crippen molar-refractivity contribution in [3.63, 3.8) is 0 Å². The highest BCUT2D eigenvalue weighted by Gasteiger charge is 2.20. The quantitative estimate of drug-likeness (QED) is 0.563. The fraction of sp³-hybridized carbons (Fsp3) is 0.318. The van der Waals surface area contributed by atoms with E-state index in [1.165, 1.54) is 0 Å². The van der Waals surface area contributed by atoms with Gasteiger partial charge in [0, 0.05) is 17.6 Å². The van der Waals surface area contributed by atoms with Crippen molar-refractivity contribution < 1.29 is 19.0 Å². The van der Waals surface area contributed by atoms with Gasteiger partial charge in [-0.15, -0.1) is 6.42 Å². The first kappa shape index (κ1) is 21.8. The highest BCUT2D eigenvalue weighted by molar-refractivity contribution is 9.10. The highest BCUT2D eigenvalue weighted by Crippen LogP contribution is 2.28. The van der Waals surface area contributed by atoms with Crippen LogP contribution in [-0.4, -0.2) is 32.8 Å². The van der Waals surface area contributed by atoms with Crippen LogP contribution in [0.5, 0.6) is 11.5 Å². The van der Waals surface area contributed by atoms with Crippen LogP contribution in [0.3, 0.4) is 0 Å². The van der Waals surface area contributed by atoms with Crippen LogP contribution in [0.25, 0.3) is 0 Å². The molecule has 0 radical (unpaired) electrons. The van der Waals surface area contributed by atoms with Crippen LogP contribution in [0.1, 0.15) is 24.2 Å². The Balaban J connectivity index is 1.96. The molecule has 0 aliphatic rings. The number of ether oxygens (including phenoxy) is 3. The third kappa shape index (κ3) is 6.29. The largest absolute Gasteiger partial charge is 0.493 e. The van der Waals surface area contributed by atoms with Gasteiger partial charge in [-0.3, -0.25) is 4.79 Å². The molecule has 0 spiro atoms. The molecule has 6 heteroatoms. The van der Waals surface area contributed by atoms with Crippen molar-refractivity contribution in [2.45, 2.75) is 19.4 Å². The normalized spacial score (nSPS) is 11.4. The summed E-state index contributed by atoms with van der Waals surface area (Å²) in [5.41, 5.74) is 1.83. The lowest BCUT2D eigenvalue weighted by molar-refractivity contribution is -0.132. The van der Waals surface area contributed by atoms with Gasteiger partial charge in [-0.05, 0) is 48.7 Å². The molecule has 0 unspecified atom stereocenters. The summed E-state index contributed by atoms with van der Waals surface area (Å²) in [6.45, 7) is 2.98. The fourth-order valence-electron chi connectivity index (χ4n) is 2.66. The minimum atomic E-state index is -0.632. The van der Waals surface area contributed by atoms with Gasteiger partial charge in [-0.2, -0.15) is 0 Å². The summed E-state index contributed by atoms with van der Waals surface area (Å²) >= 11 is 3.40. The maximum Gasteiger partial charge on any atom is 0.253 e. The van der Waals surface area contributed by atoms with E-state index in [0.29, 0.717) is 31.1 Å². The molecular weight excluding hydrogens is 422 g/mol. The molecule has 0 heterocycles. The Bertz CT molecular complexity index is 814. The third-order valence-electron chi connectivity index (χ3n) is 4.00. The highest BCUT2D eigenvalue weighted by atomic mass is 79.9. The van der Waals surface area contributed by atoms with Gasteiger partial charge in [0.15, 0.2) is 17.6 Å². The Labute approximate surface area is 174 Å². The Kier molecular flexibility index (Phi) is 8.86. The molecule has 0 bridgehead atoms. The molecule has 0 fully saturated rings. The van der Waals surface area contributed by atoms with E-state index in [9.17, 15) is 4.79 Å². The van der Waals surface area contributed by atoms with Gasteiger partial charge in [0.25, 0.3) is 5.91 Å². The van der Waals surface area contributed by atoms with Crippen LogP contribution in [0.4, 0.5) is 0 Å².